The molecule has 0 aliphatic carbocycles. The second-order valence-electron chi connectivity index (χ2n) is 8.56. The molecule has 2 aromatic rings. The molecule has 0 amide bonds. The Kier molecular flexibility index (Phi) is 5.25. The molecule has 2 heteroatoms. The van der Waals surface area contributed by atoms with Crippen molar-refractivity contribution in [3.63, 3.8) is 0 Å². The van der Waals surface area contributed by atoms with Crippen LogP contribution < -0.4 is 10.2 Å². The molecule has 0 atom stereocenters. The number of benzene rings is 2. The van der Waals surface area contributed by atoms with Crippen LogP contribution >= 0.6 is 0 Å². The van der Waals surface area contributed by atoms with Crippen molar-refractivity contribution in [3.05, 3.63) is 95.7 Å². The molecule has 2 nitrogen and oxygen atoms in total. The summed E-state index contributed by atoms with van der Waals surface area (Å²) in [5, 5.41) is 3.30. The first-order chi connectivity index (χ1) is 13.2. The molecule has 0 radical (unpaired) electrons. The van der Waals surface area contributed by atoms with E-state index in [0.717, 1.165) is 11.3 Å². The van der Waals surface area contributed by atoms with E-state index in [1.165, 1.54) is 22.5 Å². The van der Waals surface area contributed by atoms with Crippen LogP contribution in [-0.2, 0) is 10.8 Å². The van der Waals surface area contributed by atoms with Gasteiger partial charge in [0.05, 0.1) is 0 Å². The lowest BCUT2D eigenvalue weighted by Gasteiger charge is -2.28. The average Bonchev–Trinajstić information content (AvgIpc) is 2.88. The average molecular weight is 373 g/mol. The molecule has 0 aromatic heterocycles. The quantitative estimate of drug-likeness (QED) is 0.608. The number of hydrogen-bond donors (Lipinski definition) is 1. The molecule has 2 aromatic carbocycles. The summed E-state index contributed by atoms with van der Waals surface area (Å²) >= 11 is 0. The van der Waals surface area contributed by atoms with Crippen LogP contribution in [-0.4, -0.2) is 14.1 Å². The fraction of sp³-hybridized carbons (Fsp3) is 0.308. The van der Waals surface area contributed by atoms with Crippen molar-refractivity contribution in [2.24, 2.45) is 0 Å². The van der Waals surface area contributed by atoms with E-state index >= 15 is 0 Å². The number of anilines is 2. The Morgan fingerprint density at radius 3 is 2.39 bits per heavy atom. The molecule has 28 heavy (non-hydrogen) atoms. The zero-order valence-electron chi connectivity index (χ0n) is 18.0. The maximum atomic E-state index is 4.38. The lowest BCUT2D eigenvalue weighted by atomic mass is 9.77. The minimum Gasteiger partial charge on any atom is -0.388 e. The number of nitrogens with one attached hydrogen (secondary N) is 1. The highest BCUT2D eigenvalue weighted by Gasteiger charge is 2.37. The summed E-state index contributed by atoms with van der Waals surface area (Å²) in [7, 11) is 4.11. The van der Waals surface area contributed by atoms with E-state index in [1.807, 2.05) is 7.05 Å². The molecule has 0 saturated carbocycles. The summed E-state index contributed by atoms with van der Waals surface area (Å²) in [5.41, 5.74) is 7.28. The Morgan fingerprint density at radius 2 is 1.71 bits per heavy atom. The molecular weight excluding hydrogens is 340 g/mol. The van der Waals surface area contributed by atoms with E-state index in [-0.39, 0.29) is 10.8 Å². The Hall–Kier alpha value is -2.74. The molecule has 1 N–H and O–H groups in total. The van der Waals surface area contributed by atoms with E-state index in [0.29, 0.717) is 0 Å². The molecule has 0 bridgehead atoms. The predicted molar refractivity (Wildman–Crippen MR) is 123 cm³/mol. The summed E-state index contributed by atoms with van der Waals surface area (Å²) in [6, 6.07) is 17.1. The van der Waals surface area contributed by atoms with Crippen LogP contribution in [0.3, 0.4) is 0 Å². The third-order valence-corrected chi connectivity index (χ3v) is 6.16. The molecule has 146 valence electrons. The van der Waals surface area contributed by atoms with E-state index in [9.17, 15) is 0 Å². The van der Waals surface area contributed by atoms with Crippen molar-refractivity contribution in [3.8, 4) is 0 Å². The first kappa shape index (κ1) is 20.0. The van der Waals surface area contributed by atoms with Gasteiger partial charge in [-0.1, -0.05) is 82.8 Å². The SMILES string of the molecule is C=C(/C=C/C=C1/N(C)c2ccccc2C1(C)C)C(C)(C)c1ccccc1NC. The highest BCUT2D eigenvalue weighted by atomic mass is 15.2. The van der Waals surface area contributed by atoms with E-state index in [4.69, 9.17) is 0 Å². The second-order valence-corrected chi connectivity index (χ2v) is 8.56. The fourth-order valence-electron chi connectivity index (χ4n) is 4.18. The van der Waals surface area contributed by atoms with Crippen molar-refractivity contribution in [1.29, 1.82) is 0 Å². The number of allylic oxidation sites excluding steroid dienone is 5. The van der Waals surface area contributed by atoms with E-state index < -0.39 is 0 Å². The first-order valence-corrected chi connectivity index (χ1v) is 9.90. The van der Waals surface area contributed by atoms with Crippen molar-refractivity contribution < 1.29 is 0 Å². The highest BCUT2D eigenvalue weighted by Crippen LogP contribution is 2.46. The Bertz CT molecular complexity index is 944. The molecule has 0 spiro atoms. The monoisotopic (exact) mass is 372 g/mol. The number of hydrogen-bond acceptors (Lipinski definition) is 2. The van der Waals surface area contributed by atoms with Gasteiger partial charge in [-0.3, -0.25) is 0 Å². The smallest absolute Gasteiger partial charge is 0.0447 e. The summed E-state index contributed by atoms with van der Waals surface area (Å²) < 4.78 is 0. The number of rotatable bonds is 5. The first-order valence-electron chi connectivity index (χ1n) is 9.90. The van der Waals surface area contributed by atoms with Gasteiger partial charge in [-0.15, -0.1) is 0 Å². The van der Waals surface area contributed by atoms with Gasteiger partial charge in [0.25, 0.3) is 0 Å². The summed E-state index contributed by atoms with van der Waals surface area (Å²) in [4.78, 5) is 2.30. The van der Waals surface area contributed by atoms with Gasteiger partial charge in [0.1, 0.15) is 0 Å². The predicted octanol–water partition coefficient (Wildman–Crippen LogP) is 6.43. The van der Waals surface area contributed by atoms with Crippen LogP contribution in [0.15, 0.2) is 84.6 Å². The normalized spacial score (nSPS) is 17.2. The maximum absolute atomic E-state index is 4.38. The number of fused-ring (bicyclic) bond motifs is 1. The summed E-state index contributed by atoms with van der Waals surface area (Å²) in [5.74, 6) is 0. The Labute approximate surface area is 170 Å². The van der Waals surface area contributed by atoms with Crippen molar-refractivity contribution >= 4 is 11.4 Å². The molecular formula is C26H32N2. The molecule has 0 fully saturated rings. The van der Waals surface area contributed by atoms with Gasteiger partial charge in [0.15, 0.2) is 0 Å². The third-order valence-electron chi connectivity index (χ3n) is 6.16. The Morgan fingerprint density at radius 1 is 1.07 bits per heavy atom. The number of para-hydroxylation sites is 2. The van der Waals surface area contributed by atoms with E-state index in [2.05, 4.69) is 118 Å². The van der Waals surface area contributed by atoms with Crippen LogP contribution in [0.1, 0.15) is 38.8 Å². The number of likely N-dealkylation sites (N-methyl/N-ethyl adjacent to an activating group) is 1. The topological polar surface area (TPSA) is 15.3 Å². The number of nitrogens with zero attached hydrogens (tertiary/aromatic N) is 1. The lowest BCUT2D eigenvalue weighted by Crippen LogP contribution is -2.22. The molecule has 0 saturated heterocycles. The largest absolute Gasteiger partial charge is 0.388 e. The van der Waals surface area contributed by atoms with Crippen molar-refractivity contribution in [1.82, 2.24) is 0 Å². The standard InChI is InChI=1S/C26H32N2/c1-19(25(2,3)20-14-8-10-16-22(20)27-6)13-12-18-24-26(4,5)21-15-9-11-17-23(21)28(24)7/h8-18,27H,1H2,2-7H3/b13-12+,24-18+. The van der Waals surface area contributed by atoms with Crippen LogP contribution in [0.25, 0.3) is 0 Å². The van der Waals surface area contributed by atoms with Gasteiger partial charge in [-0.25, -0.2) is 0 Å². The second kappa shape index (κ2) is 7.35. The molecule has 1 aliphatic rings. The zero-order valence-corrected chi connectivity index (χ0v) is 18.0. The zero-order chi connectivity index (χ0) is 20.5. The molecule has 1 heterocycles. The molecule has 3 rings (SSSR count). The lowest BCUT2D eigenvalue weighted by molar-refractivity contribution is 0.639. The van der Waals surface area contributed by atoms with Crippen molar-refractivity contribution in [2.45, 2.75) is 38.5 Å². The fourth-order valence-corrected chi connectivity index (χ4v) is 4.18. The maximum Gasteiger partial charge on any atom is 0.0447 e. The van der Waals surface area contributed by atoms with Crippen molar-refractivity contribution in [2.75, 3.05) is 24.3 Å². The van der Waals surface area contributed by atoms with E-state index in [1.54, 1.807) is 0 Å². The van der Waals surface area contributed by atoms with Gasteiger partial charge >= 0.3 is 0 Å². The van der Waals surface area contributed by atoms with Crippen LogP contribution in [0, 0.1) is 0 Å². The van der Waals surface area contributed by atoms with Gasteiger partial charge in [0, 0.05) is 42.0 Å². The minimum atomic E-state index is -0.158. The van der Waals surface area contributed by atoms with Gasteiger partial charge in [0.2, 0.25) is 0 Å². The Balaban J connectivity index is 1.87. The van der Waals surface area contributed by atoms with Crippen LogP contribution in [0.2, 0.25) is 0 Å². The van der Waals surface area contributed by atoms with Gasteiger partial charge < -0.3 is 10.2 Å². The summed E-state index contributed by atoms with van der Waals surface area (Å²) in [6.45, 7) is 13.4. The highest BCUT2D eigenvalue weighted by molar-refractivity contribution is 5.70. The summed E-state index contributed by atoms with van der Waals surface area (Å²) in [6.07, 6.45) is 6.52. The minimum absolute atomic E-state index is 0.00867. The van der Waals surface area contributed by atoms with Gasteiger partial charge in [-0.2, -0.15) is 0 Å². The molecule has 1 aliphatic heterocycles. The van der Waals surface area contributed by atoms with Crippen LogP contribution in [0.5, 0.6) is 0 Å². The molecule has 0 unspecified atom stereocenters. The van der Waals surface area contributed by atoms with Gasteiger partial charge in [-0.05, 0) is 34.9 Å². The van der Waals surface area contributed by atoms with Crippen LogP contribution in [0.4, 0.5) is 11.4 Å². The third kappa shape index (κ3) is 3.28.